The molecular weight excluding hydrogens is 386 g/mol. The van der Waals surface area contributed by atoms with E-state index in [0.717, 1.165) is 16.1 Å². The lowest BCUT2D eigenvalue weighted by atomic mass is 10.1. The van der Waals surface area contributed by atoms with Crippen molar-refractivity contribution in [2.75, 3.05) is 36.8 Å². The van der Waals surface area contributed by atoms with Crippen molar-refractivity contribution in [3.8, 4) is 0 Å². The van der Waals surface area contributed by atoms with E-state index >= 15 is 0 Å². The molecule has 2 aliphatic heterocycles. The monoisotopic (exact) mass is 409 g/mol. The Bertz CT molecular complexity index is 937. The Morgan fingerprint density at radius 3 is 2.28 bits per heavy atom. The molecule has 1 saturated heterocycles. The number of carbonyl (C=O) groups is 3. The van der Waals surface area contributed by atoms with Crippen LogP contribution >= 0.6 is 11.8 Å². The van der Waals surface area contributed by atoms with Crippen LogP contribution < -0.4 is 4.90 Å². The highest BCUT2D eigenvalue weighted by Crippen LogP contribution is 2.35. The second-order valence-electron chi connectivity index (χ2n) is 7.23. The summed E-state index contributed by atoms with van der Waals surface area (Å²) in [6, 6.07) is 15.4. The van der Waals surface area contributed by atoms with Crippen LogP contribution in [0.3, 0.4) is 0 Å². The van der Waals surface area contributed by atoms with Crippen LogP contribution in [0.1, 0.15) is 22.8 Å². The molecule has 1 fully saturated rings. The Labute approximate surface area is 174 Å². The Kier molecular flexibility index (Phi) is 5.58. The predicted molar refractivity (Wildman–Crippen MR) is 113 cm³/mol. The summed E-state index contributed by atoms with van der Waals surface area (Å²) in [7, 11) is 0. The summed E-state index contributed by atoms with van der Waals surface area (Å²) >= 11 is 1.57. The van der Waals surface area contributed by atoms with Gasteiger partial charge in [0.1, 0.15) is 0 Å². The van der Waals surface area contributed by atoms with E-state index < -0.39 is 0 Å². The number of amides is 3. The number of carbonyl (C=O) groups excluding carboxylic acids is 3. The highest BCUT2D eigenvalue weighted by atomic mass is 32.2. The van der Waals surface area contributed by atoms with Crippen molar-refractivity contribution < 1.29 is 14.4 Å². The van der Waals surface area contributed by atoms with Crippen molar-refractivity contribution in [3.63, 3.8) is 0 Å². The molecule has 150 valence electrons. The van der Waals surface area contributed by atoms with Gasteiger partial charge in [-0.2, -0.15) is 0 Å². The summed E-state index contributed by atoms with van der Waals surface area (Å²) in [6.45, 7) is 4.30. The van der Waals surface area contributed by atoms with Gasteiger partial charge >= 0.3 is 0 Å². The second kappa shape index (κ2) is 8.29. The van der Waals surface area contributed by atoms with Crippen LogP contribution in [0.15, 0.2) is 53.4 Å². The zero-order valence-electron chi connectivity index (χ0n) is 16.3. The van der Waals surface area contributed by atoms with Crippen molar-refractivity contribution in [1.29, 1.82) is 0 Å². The van der Waals surface area contributed by atoms with Gasteiger partial charge in [0.25, 0.3) is 5.91 Å². The predicted octanol–water partition coefficient (Wildman–Crippen LogP) is 2.63. The third-order valence-electron chi connectivity index (χ3n) is 5.36. The summed E-state index contributed by atoms with van der Waals surface area (Å²) in [5, 5.41) is 0. The molecule has 2 aromatic rings. The zero-order chi connectivity index (χ0) is 20.4. The van der Waals surface area contributed by atoms with Gasteiger partial charge in [-0.05, 0) is 29.8 Å². The molecule has 0 N–H and O–H groups in total. The number of hydrogen-bond donors (Lipinski definition) is 0. The van der Waals surface area contributed by atoms with E-state index in [-0.39, 0.29) is 17.7 Å². The van der Waals surface area contributed by atoms with E-state index in [1.54, 1.807) is 28.5 Å². The Morgan fingerprint density at radius 2 is 1.59 bits per heavy atom. The molecule has 29 heavy (non-hydrogen) atoms. The largest absolute Gasteiger partial charge is 0.339 e. The van der Waals surface area contributed by atoms with Gasteiger partial charge in [0, 0.05) is 43.6 Å². The average molecular weight is 410 g/mol. The quantitative estimate of drug-likeness (QED) is 0.782. The molecule has 2 aromatic carbocycles. The van der Waals surface area contributed by atoms with E-state index in [0.29, 0.717) is 44.0 Å². The van der Waals surface area contributed by atoms with Crippen molar-refractivity contribution >= 4 is 35.2 Å². The van der Waals surface area contributed by atoms with Gasteiger partial charge in [0.15, 0.2) is 0 Å². The van der Waals surface area contributed by atoms with Gasteiger partial charge in [-0.3, -0.25) is 14.4 Å². The molecule has 2 heterocycles. The zero-order valence-corrected chi connectivity index (χ0v) is 17.2. The van der Waals surface area contributed by atoms with Crippen molar-refractivity contribution in [3.05, 3.63) is 59.7 Å². The van der Waals surface area contributed by atoms with E-state index in [1.165, 1.54) is 0 Å². The molecular formula is C22H23N3O3S. The lowest BCUT2D eigenvalue weighted by Crippen LogP contribution is -2.50. The number of para-hydroxylation sites is 1. The first-order chi connectivity index (χ1) is 14.0. The number of thioether (sulfide) groups is 1. The Morgan fingerprint density at radius 1 is 0.931 bits per heavy atom. The molecule has 0 unspecified atom stereocenters. The minimum Gasteiger partial charge on any atom is -0.339 e. The van der Waals surface area contributed by atoms with Gasteiger partial charge in [0.05, 0.1) is 18.0 Å². The maximum atomic E-state index is 12.7. The Hall–Kier alpha value is -2.80. The summed E-state index contributed by atoms with van der Waals surface area (Å²) < 4.78 is 0. The van der Waals surface area contributed by atoms with Crippen LogP contribution in [0, 0.1) is 0 Å². The van der Waals surface area contributed by atoms with Crippen molar-refractivity contribution in [2.45, 2.75) is 18.4 Å². The first kappa shape index (κ1) is 19.5. The molecule has 0 atom stereocenters. The minimum atomic E-state index is -0.0180. The maximum Gasteiger partial charge on any atom is 0.253 e. The smallest absolute Gasteiger partial charge is 0.253 e. The molecule has 3 amide bonds. The van der Waals surface area contributed by atoms with Gasteiger partial charge in [0.2, 0.25) is 11.8 Å². The first-order valence-electron chi connectivity index (χ1n) is 9.69. The molecule has 2 aliphatic rings. The van der Waals surface area contributed by atoms with Crippen LogP contribution in [0.25, 0.3) is 0 Å². The topological polar surface area (TPSA) is 60.9 Å². The third kappa shape index (κ3) is 4.15. The highest BCUT2D eigenvalue weighted by molar-refractivity contribution is 8.00. The molecule has 0 bridgehead atoms. The average Bonchev–Trinajstić information content (AvgIpc) is 2.76. The molecule has 0 radical (unpaired) electrons. The fourth-order valence-electron chi connectivity index (χ4n) is 3.67. The standard InChI is InChI=1S/C22H23N3O3S/c1-16(26)23-10-12-24(13-11-23)22(28)18-8-6-17(7-9-18)14-25-19-4-2-3-5-20(19)29-15-21(25)27/h2-9H,10-15H2,1H3. The Balaban J connectivity index is 1.43. The molecule has 7 heteroatoms. The van der Waals surface area contributed by atoms with Crippen LogP contribution in [0.5, 0.6) is 0 Å². The van der Waals surface area contributed by atoms with E-state index in [9.17, 15) is 14.4 Å². The lowest BCUT2D eigenvalue weighted by Gasteiger charge is -2.34. The molecule has 6 nitrogen and oxygen atoms in total. The van der Waals surface area contributed by atoms with Crippen LogP contribution in [0.2, 0.25) is 0 Å². The van der Waals surface area contributed by atoms with Crippen LogP contribution in [-0.2, 0) is 16.1 Å². The normalized spacial score (nSPS) is 16.6. The van der Waals surface area contributed by atoms with Gasteiger partial charge < -0.3 is 14.7 Å². The lowest BCUT2D eigenvalue weighted by molar-refractivity contribution is -0.130. The fourth-order valence-corrected chi connectivity index (χ4v) is 4.61. The molecule has 0 aromatic heterocycles. The van der Waals surface area contributed by atoms with Gasteiger partial charge in [-0.25, -0.2) is 0 Å². The number of piperazine rings is 1. The molecule has 0 saturated carbocycles. The molecule has 0 aliphatic carbocycles. The number of fused-ring (bicyclic) bond motifs is 1. The summed E-state index contributed by atoms with van der Waals surface area (Å²) in [5.74, 6) is 0.571. The summed E-state index contributed by atoms with van der Waals surface area (Å²) in [5.41, 5.74) is 2.56. The van der Waals surface area contributed by atoms with Crippen LogP contribution in [0.4, 0.5) is 5.69 Å². The highest BCUT2D eigenvalue weighted by Gasteiger charge is 2.25. The van der Waals surface area contributed by atoms with Crippen molar-refractivity contribution in [1.82, 2.24) is 9.80 Å². The maximum absolute atomic E-state index is 12.7. The molecule has 4 rings (SSSR count). The van der Waals surface area contributed by atoms with Gasteiger partial charge in [-0.15, -0.1) is 11.8 Å². The number of anilines is 1. The number of hydrogen-bond acceptors (Lipinski definition) is 4. The summed E-state index contributed by atoms with van der Waals surface area (Å²) in [4.78, 5) is 43.1. The van der Waals surface area contributed by atoms with Gasteiger partial charge in [-0.1, -0.05) is 24.3 Å². The molecule has 0 spiro atoms. The SMILES string of the molecule is CC(=O)N1CCN(C(=O)c2ccc(CN3C(=O)CSc4ccccc43)cc2)CC1. The minimum absolute atomic E-state index is 0.0180. The third-order valence-corrected chi connectivity index (χ3v) is 6.41. The second-order valence-corrected chi connectivity index (χ2v) is 8.25. The van der Waals surface area contributed by atoms with E-state index in [2.05, 4.69) is 0 Å². The number of nitrogens with zero attached hydrogens (tertiary/aromatic N) is 3. The van der Waals surface area contributed by atoms with E-state index in [1.807, 2.05) is 53.4 Å². The first-order valence-corrected chi connectivity index (χ1v) is 10.7. The van der Waals surface area contributed by atoms with Crippen LogP contribution in [-0.4, -0.2) is 59.5 Å². The number of rotatable bonds is 3. The van der Waals surface area contributed by atoms with Crippen molar-refractivity contribution in [2.24, 2.45) is 0 Å². The summed E-state index contributed by atoms with van der Waals surface area (Å²) in [6.07, 6.45) is 0. The van der Waals surface area contributed by atoms with E-state index in [4.69, 9.17) is 0 Å². The number of benzene rings is 2. The fraction of sp³-hybridized carbons (Fsp3) is 0.318.